The molecule has 0 fully saturated rings. The van der Waals surface area contributed by atoms with E-state index in [0.29, 0.717) is 12.5 Å². The predicted molar refractivity (Wildman–Crippen MR) is 79.0 cm³/mol. The van der Waals surface area contributed by atoms with Crippen LogP contribution in [0.4, 0.5) is 0 Å². The molecular weight excluding hydrogens is 252 g/mol. The molecule has 20 heavy (non-hydrogen) atoms. The average Bonchev–Trinajstić information content (AvgIpc) is 2.86. The largest absolute Gasteiger partial charge is 0.491 e. The van der Waals surface area contributed by atoms with Gasteiger partial charge in [-0.25, -0.2) is 4.98 Å². The van der Waals surface area contributed by atoms with Crippen LogP contribution in [0.5, 0.6) is 5.75 Å². The summed E-state index contributed by atoms with van der Waals surface area (Å²) in [6.45, 7) is 6.96. The number of ether oxygens (including phenoxy) is 1. The highest BCUT2D eigenvalue weighted by molar-refractivity contribution is 5.31. The van der Waals surface area contributed by atoms with Gasteiger partial charge in [0.2, 0.25) is 0 Å². The van der Waals surface area contributed by atoms with E-state index in [0.717, 1.165) is 17.1 Å². The molecule has 1 N–H and O–H groups in total. The Hall–Kier alpha value is -1.81. The molecule has 0 aliphatic carbocycles. The first-order chi connectivity index (χ1) is 9.58. The molecule has 2 rings (SSSR count). The molecule has 2 aromatic rings. The van der Waals surface area contributed by atoms with Crippen molar-refractivity contribution >= 4 is 0 Å². The summed E-state index contributed by atoms with van der Waals surface area (Å²) in [4.78, 5) is 4.31. The third kappa shape index (κ3) is 3.61. The Balaban J connectivity index is 1.91. The molecule has 0 unspecified atom stereocenters. The fourth-order valence-electron chi connectivity index (χ4n) is 2.16. The molecule has 0 spiro atoms. The minimum atomic E-state index is -0.554. The molecule has 1 aromatic carbocycles. The van der Waals surface area contributed by atoms with Crippen LogP contribution in [0.25, 0.3) is 0 Å². The van der Waals surface area contributed by atoms with Crippen molar-refractivity contribution in [3.8, 4) is 5.75 Å². The normalized spacial score (nSPS) is 12.7. The molecular formula is C16H22N2O2. The molecule has 0 aliphatic rings. The Morgan fingerprint density at radius 2 is 2.05 bits per heavy atom. The Bertz CT molecular complexity index is 549. The maximum absolute atomic E-state index is 10.1. The lowest BCUT2D eigenvalue weighted by Crippen LogP contribution is -2.24. The van der Waals surface area contributed by atoms with E-state index < -0.39 is 6.10 Å². The van der Waals surface area contributed by atoms with Gasteiger partial charge in [0.25, 0.3) is 0 Å². The number of hydrogen-bond acceptors (Lipinski definition) is 3. The van der Waals surface area contributed by atoms with Gasteiger partial charge < -0.3 is 14.4 Å². The number of nitrogens with zero attached hydrogens (tertiary/aromatic N) is 2. The summed E-state index contributed by atoms with van der Waals surface area (Å²) in [6.07, 6.45) is 3.11. The maximum Gasteiger partial charge on any atom is 0.122 e. The minimum absolute atomic E-state index is 0.278. The zero-order valence-corrected chi connectivity index (χ0v) is 12.3. The molecule has 0 bridgehead atoms. The maximum atomic E-state index is 10.1. The number of aryl methyl sites for hydroxylation is 1. The second-order valence-electron chi connectivity index (χ2n) is 5.32. The van der Waals surface area contributed by atoms with Gasteiger partial charge in [-0.3, -0.25) is 0 Å². The smallest absolute Gasteiger partial charge is 0.122 e. The fraction of sp³-hybridized carbons (Fsp3) is 0.438. The standard InChI is InChI=1S/C16H22N2O2/c1-12(2)16-17-8-9-18(16)10-14(19)11-20-15-7-5-4-6-13(15)3/h4-9,12,14,19H,10-11H2,1-3H3/t14-/m1/s1. The molecule has 108 valence electrons. The molecule has 4 heteroatoms. The first-order valence-corrected chi connectivity index (χ1v) is 6.95. The van der Waals surface area contributed by atoms with E-state index in [1.54, 1.807) is 6.20 Å². The topological polar surface area (TPSA) is 47.3 Å². The highest BCUT2D eigenvalue weighted by atomic mass is 16.5. The molecule has 0 saturated heterocycles. The molecule has 0 amide bonds. The molecule has 0 saturated carbocycles. The van der Waals surface area contributed by atoms with Gasteiger partial charge in [-0.2, -0.15) is 0 Å². The summed E-state index contributed by atoms with van der Waals surface area (Å²) in [7, 11) is 0. The van der Waals surface area contributed by atoms with E-state index in [1.807, 2.05) is 42.0 Å². The van der Waals surface area contributed by atoms with Crippen molar-refractivity contribution < 1.29 is 9.84 Å². The second kappa shape index (κ2) is 6.57. The molecule has 1 aromatic heterocycles. The molecule has 0 radical (unpaired) electrons. The van der Waals surface area contributed by atoms with Crippen molar-refractivity contribution in [1.29, 1.82) is 0 Å². The van der Waals surface area contributed by atoms with Gasteiger partial charge in [0, 0.05) is 18.3 Å². The van der Waals surface area contributed by atoms with Crippen LogP contribution in [0.2, 0.25) is 0 Å². The van der Waals surface area contributed by atoms with Crippen LogP contribution in [0, 0.1) is 6.92 Å². The van der Waals surface area contributed by atoms with Crippen LogP contribution in [0.3, 0.4) is 0 Å². The second-order valence-corrected chi connectivity index (χ2v) is 5.32. The van der Waals surface area contributed by atoms with Crippen molar-refractivity contribution in [1.82, 2.24) is 9.55 Å². The monoisotopic (exact) mass is 274 g/mol. The predicted octanol–water partition coefficient (Wildman–Crippen LogP) is 2.75. The number of para-hydroxylation sites is 1. The first-order valence-electron chi connectivity index (χ1n) is 6.95. The highest BCUT2D eigenvalue weighted by Crippen LogP contribution is 2.17. The van der Waals surface area contributed by atoms with Crippen LogP contribution < -0.4 is 4.74 Å². The lowest BCUT2D eigenvalue weighted by atomic mass is 10.2. The van der Waals surface area contributed by atoms with E-state index in [1.165, 1.54) is 0 Å². The Labute approximate surface area is 120 Å². The van der Waals surface area contributed by atoms with Crippen molar-refractivity contribution in [3.05, 3.63) is 48.0 Å². The fourth-order valence-corrected chi connectivity index (χ4v) is 2.16. The third-order valence-electron chi connectivity index (χ3n) is 3.20. The van der Waals surface area contributed by atoms with Crippen molar-refractivity contribution in [2.75, 3.05) is 6.61 Å². The van der Waals surface area contributed by atoms with Crippen molar-refractivity contribution in [2.24, 2.45) is 0 Å². The number of imidazole rings is 1. The van der Waals surface area contributed by atoms with E-state index in [-0.39, 0.29) is 6.61 Å². The van der Waals surface area contributed by atoms with Crippen LogP contribution in [-0.4, -0.2) is 27.4 Å². The summed E-state index contributed by atoms with van der Waals surface area (Å²) >= 11 is 0. The van der Waals surface area contributed by atoms with Crippen LogP contribution >= 0.6 is 0 Å². The zero-order valence-electron chi connectivity index (χ0n) is 12.3. The van der Waals surface area contributed by atoms with E-state index >= 15 is 0 Å². The lowest BCUT2D eigenvalue weighted by Gasteiger charge is -2.16. The summed E-state index contributed by atoms with van der Waals surface area (Å²) in [6, 6.07) is 7.81. The van der Waals surface area contributed by atoms with E-state index in [9.17, 15) is 5.11 Å². The van der Waals surface area contributed by atoms with Gasteiger partial charge in [-0.05, 0) is 18.6 Å². The van der Waals surface area contributed by atoms with E-state index in [4.69, 9.17) is 4.74 Å². The third-order valence-corrected chi connectivity index (χ3v) is 3.20. The number of aliphatic hydroxyl groups excluding tert-OH is 1. The summed E-state index contributed by atoms with van der Waals surface area (Å²) in [5.74, 6) is 2.15. The first kappa shape index (κ1) is 14.6. The van der Waals surface area contributed by atoms with Gasteiger partial charge in [-0.15, -0.1) is 0 Å². The number of rotatable bonds is 6. The van der Waals surface area contributed by atoms with Crippen LogP contribution in [0.15, 0.2) is 36.7 Å². The number of aliphatic hydroxyl groups is 1. The summed E-state index contributed by atoms with van der Waals surface area (Å²) in [5, 5.41) is 10.1. The molecule has 0 aliphatic heterocycles. The Morgan fingerprint density at radius 1 is 1.30 bits per heavy atom. The molecule has 1 atom stereocenters. The summed E-state index contributed by atoms with van der Waals surface area (Å²) < 4.78 is 7.65. The van der Waals surface area contributed by atoms with Crippen molar-refractivity contribution in [3.63, 3.8) is 0 Å². The van der Waals surface area contributed by atoms with Gasteiger partial charge in [0.15, 0.2) is 0 Å². The van der Waals surface area contributed by atoms with Crippen LogP contribution in [0.1, 0.15) is 31.2 Å². The number of aromatic nitrogens is 2. The quantitative estimate of drug-likeness (QED) is 0.881. The van der Waals surface area contributed by atoms with Gasteiger partial charge >= 0.3 is 0 Å². The number of hydrogen-bond donors (Lipinski definition) is 1. The lowest BCUT2D eigenvalue weighted by molar-refractivity contribution is 0.0912. The minimum Gasteiger partial charge on any atom is -0.491 e. The Kier molecular flexibility index (Phi) is 4.79. The molecule has 1 heterocycles. The van der Waals surface area contributed by atoms with E-state index in [2.05, 4.69) is 18.8 Å². The van der Waals surface area contributed by atoms with Gasteiger partial charge in [-0.1, -0.05) is 32.0 Å². The highest BCUT2D eigenvalue weighted by Gasteiger charge is 2.12. The molecule has 4 nitrogen and oxygen atoms in total. The van der Waals surface area contributed by atoms with Crippen LogP contribution in [-0.2, 0) is 6.54 Å². The van der Waals surface area contributed by atoms with Gasteiger partial charge in [0.05, 0.1) is 6.54 Å². The Morgan fingerprint density at radius 3 is 2.75 bits per heavy atom. The SMILES string of the molecule is Cc1ccccc1OC[C@H](O)Cn1ccnc1C(C)C. The van der Waals surface area contributed by atoms with Gasteiger partial charge in [0.1, 0.15) is 24.3 Å². The average molecular weight is 274 g/mol. The number of benzene rings is 1. The van der Waals surface area contributed by atoms with Crippen molar-refractivity contribution in [2.45, 2.75) is 39.3 Å². The summed E-state index contributed by atoms with van der Waals surface area (Å²) in [5.41, 5.74) is 1.07. The zero-order chi connectivity index (χ0) is 14.5.